The Morgan fingerprint density at radius 3 is 2.18 bits per heavy atom. The van der Waals surface area contributed by atoms with Gasteiger partial charge in [-0.25, -0.2) is 0 Å². The van der Waals surface area contributed by atoms with E-state index in [1.165, 1.54) is 6.92 Å². The van der Waals surface area contributed by atoms with Gasteiger partial charge in [0.2, 0.25) is 5.91 Å². The summed E-state index contributed by atoms with van der Waals surface area (Å²) in [6, 6.07) is 5.80. The van der Waals surface area contributed by atoms with Crippen LogP contribution in [0, 0.1) is 0 Å². The third kappa shape index (κ3) is 4.34. The Morgan fingerprint density at radius 2 is 1.76 bits per heavy atom. The highest BCUT2D eigenvalue weighted by Crippen LogP contribution is 2.23. The van der Waals surface area contributed by atoms with Crippen molar-refractivity contribution in [3.63, 3.8) is 0 Å². The summed E-state index contributed by atoms with van der Waals surface area (Å²) >= 11 is 0. The fourth-order valence-electron chi connectivity index (χ4n) is 1.74. The van der Waals surface area contributed by atoms with Crippen molar-refractivity contribution in [3.8, 4) is 11.5 Å². The van der Waals surface area contributed by atoms with Crippen LogP contribution >= 0.6 is 0 Å². The number of methoxy groups -OCH3 is 2. The van der Waals surface area contributed by atoms with E-state index in [0.717, 1.165) is 23.5 Å². The topological polar surface area (TPSA) is 47.6 Å². The highest BCUT2D eigenvalue weighted by molar-refractivity contribution is 5.73. The molecule has 1 aromatic carbocycles. The molecule has 0 aliphatic carbocycles. The van der Waals surface area contributed by atoms with Crippen molar-refractivity contribution in [3.05, 3.63) is 23.8 Å². The minimum atomic E-state index is -0.0210. The number of benzene rings is 1. The summed E-state index contributed by atoms with van der Waals surface area (Å²) < 4.78 is 10.4. The number of carbonyl (C=O) groups is 1. The third-order valence-electron chi connectivity index (χ3n) is 2.40. The lowest BCUT2D eigenvalue weighted by Crippen LogP contribution is -2.32. The Hall–Kier alpha value is -1.71. The van der Waals surface area contributed by atoms with Gasteiger partial charge in [-0.2, -0.15) is 0 Å². The molecule has 17 heavy (non-hydrogen) atoms. The molecule has 0 radical (unpaired) electrons. The van der Waals surface area contributed by atoms with Gasteiger partial charge < -0.3 is 14.8 Å². The molecule has 0 bridgehead atoms. The maximum Gasteiger partial charge on any atom is 0.217 e. The van der Waals surface area contributed by atoms with Gasteiger partial charge in [-0.1, -0.05) is 0 Å². The van der Waals surface area contributed by atoms with Gasteiger partial charge in [0, 0.05) is 19.0 Å². The maximum absolute atomic E-state index is 10.9. The first-order valence-corrected chi connectivity index (χ1v) is 5.54. The molecular formula is C13H19NO3. The molecule has 1 aromatic rings. The molecule has 0 spiro atoms. The molecule has 0 heterocycles. The van der Waals surface area contributed by atoms with Crippen LogP contribution in [0.3, 0.4) is 0 Å². The first kappa shape index (κ1) is 13.4. The lowest BCUT2D eigenvalue weighted by atomic mass is 10.1. The summed E-state index contributed by atoms with van der Waals surface area (Å²) in [5, 5.41) is 2.85. The molecule has 1 rings (SSSR count). The van der Waals surface area contributed by atoms with Gasteiger partial charge in [0.05, 0.1) is 14.2 Å². The lowest BCUT2D eigenvalue weighted by molar-refractivity contribution is -0.119. The Morgan fingerprint density at radius 1 is 1.24 bits per heavy atom. The Balaban J connectivity index is 2.79. The monoisotopic (exact) mass is 237 g/mol. The summed E-state index contributed by atoms with van der Waals surface area (Å²) in [6.07, 6.45) is 0.743. The molecule has 4 nitrogen and oxygen atoms in total. The molecule has 1 N–H and O–H groups in total. The largest absolute Gasteiger partial charge is 0.497 e. The maximum atomic E-state index is 10.9. The molecule has 0 fully saturated rings. The highest BCUT2D eigenvalue weighted by Gasteiger charge is 2.07. The fraction of sp³-hybridized carbons (Fsp3) is 0.462. The molecule has 0 aromatic heterocycles. The molecular weight excluding hydrogens is 218 g/mol. The van der Waals surface area contributed by atoms with Crippen LogP contribution in [0.25, 0.3) is 0 Å². The summed E-state index contributed by atoms with van der Waals surface area (Å²) in [6.45, 7) is 3.48. The van der Waals surface area contributed by atoms with Crippen LogP contribution in [0.15, 0.2) is 18.2 Å². The lowest BCUT2D eigenvalue weighted by Gasteiger charge is -2.14. The predicted molar refractivity (Wildman–Crippen MR) is 66.5 cm³/mol. The standard InChI is InChI=1S/C13H19NO3/c1-9(14-10(2)15)5-11-6-12(16-3)8-13(7-11)17-4/h6-9H,5H2,1-4H3,(H,14,15). The first-order valence-electron chi connectivity index (χ1n) is 5.54. The van der Waals surface area contributed by atoms with Gasteiger partial charge in [0.25, 0.3) is 0 Å². The second kappa shape index (κ2) is 6.13. The van der Waals surface area contributed by atoms with Crippen molar-refractivity contribution in [1.29, 1.82) is 0 Å². The molecule has 0 aliphatic heterocycles. The van der Waals surface area contributed by atoms with Gasteiger partial charge >= 0.3 is 0 Å². The van der Waals surface area contributed by atoms with Crippen LogP contribution in [-0.4, -0.2) is 26.2 Å². The van der Waals surface area contributed by atoms with E-state index < -0.39 is 0 Å². The van der Waals surface area contributed by atoms with Crippen molar-refractivity contribution in [2.45, 2.75) is 26.3 Å². The van der Waals surface area contributed by atoms with Gasteiger partial charge in [-0.05, 0) is 31.0 Å². The minimum Gasteiger partial charge on any atom is -0.497 e. The zero-order chi connectivity index (χ0) is 12.8. The average Bonchev–Trinajstić information content (AvgIpc) is 2.27. The SMILES string of the molecule is COc1cc(CC(C)NC(C)=O)cc(OC)c1. The van der Waals surface area contributed by atoms with Crippen molar-refractivity contribution in [1.82, 2.24) is 5.32 Å². The second-order valence-corrected chi connectivity index (χ2v) is 4.03. The van der Waals surface area contributed by atoms with Crippen LogP contribution in [0.1, 0.15) is 19.4 Å². The fourth-order valence-corrected chi connectivity index (χ4v) is 1.74. The Labute approximate surface area is 102 Å². The van der Waals surface area contributed by atoms with Gasteiger partial charge in [0.1, 0.15) is 11.5 Å². The number of ether oxygens (including phenoxy) is 2. The van der Waals surface area contributed by atoms with Crippen LogP contribution in [-0.2, 0) is 11.2 Å². The van der Waals surface area contributed by atoms with E-state index in [2.05, 4.69) is 5.32 Å². The molecule has 94 valence electrons. The van der Waals surface area contributed by atoms with Crippen LogP contribution in [0.4, 0.5) is 0 Å². The summed E-state index contributed by atoms with van der Waals surface area (Å²) in [5.74, 6) is 1.50. The van der Waals surface area contributed by atoms with Crippen molar-refractivity contribution < 1.29 is 14.3 Å². The third-order valence-corrected chi connectivity index (χ3v) is 2.40. The van der Waals surface area contributed by atoms with Gasteiger partial charge in [-0.15, -0.1) is 0 Å². The Kier molecular flexibility index (Phi) is 4.82. The van der Waals surface area contributed by atoms with Crippen molar-refractivity contribution in [2.24, 2.45) is 0 Å². The van der Waals surface area contributed by atoms with Gasteiger partial charge in [-0.3, -0.25) is 4.79 Å². The molecule has 0 saturated heterocycles. The second-order valence-electron chi connectivity index (χ2n) is 4.03. The Bertz CT molecular complexity index is 368. The first-order chi connectivity index (χ1) is 8.05. The van der Waals surface area contributed by atoms with E-state index >= 15 is 0 Å². The number of carbonyl (C=O) groups excluding carboxylic acids is 1. The molecule has 1 atom stereocenters. The number of amides is 1. The van der Waals surface area contributed by atoms with E-state index in [1.54, 1.807) is 14.2 Å². The zero-order valence-electron chi connectivity index (χ0n) is 10.7. The van der Waals surface area contributed by atoms with Crippen LogP contribution in [0.2, 0.25) is 0 Å². The van der Waals surface area contributed by atoms with Crippen LogP contribution < -0.4 is 14.8 Å². The van der Waals surface area contributed by atoms with E-state index in [4.69, 9.17) is 9.47 Å². The smallest absolute Gasteiger partial charge is 0.217 e. The van der Waals surface area contributed by atoms with Crippen molar-refractivity contribution in [2.75, 3.05) is 14.2 Å². The van der Waals surface area contributed by atoms with E-state index in [0.29, 0.717) is 0 Å². The highest BCUT2D eigenvalue weighted by atomic mass is 16.5. The van der Waals surface area contributed by atoms with E-state index in [1.807, 2.05) is 25.1 Å². The number of rotatable bonds is 5. The number of hydrogen-bond donors (Lipinski definition) is 1. The normalized spacial score (nSPS) is 11.8. The van der Waals surface area contributed by atoms with E-state index in [-0.39, 0.29) is 11.9 Å². The van der Waals surface area contributed by atoms with Crippen molar-refractivity contribution >= 4 is 5.91 Å². The number of nitrogens with one attached hydrogen (secondary N) is 1. The predicted octanol–water partition coefficient (Wildman–Crippen LogP) is 1.77. The summed E-state index contributed by atoms with van der Waals surface area (Å²) in [7, 11) is 3.24. The summed E-state index contributed by atoms with van der Waals surface area (Å²) in [5.41, 5.74) is 1.07. The molecule has 0 saturated carbocycles. The van der Waals surface area contributed by atoms with Crippen LogP contribution in [0.5, 0.6) is 11.5 Å². The zero-order valence-corrected chi connectivity index (χ0v) is 10.7. The summed E-state index contributed by atoms with van der Waals surface area (Å²) in [4.78, 5) is 10.9. The number of hydrogen-bond acceptors (Lipinski definition) is 3. The quantitative estimate of drug-likeness (QED) is 0.849. The molecule has 4 heteroatoms. The van der Waals surface area contributed by atoms with Gasteiger partial charge in [0.15, 0.2) is 0 Å². The molecule has 1 unspecified atom stereocenters. The molecule has 0 aliphatic rings. The minimum absolute atomic E-state index is 0.0210. The molecule has 1 amide bonds. The van der Waals surface area contributed by atoms with E-state index in [9.17, 15) is 4.79 Å². The average molecular weight is 237 g/mol.